The molecule has 2 aliphatic rings. The van der Waals surface area contributed by atoms with E-state index in [1.165, 1.54) is 12.1 Å². The van der Waals surface area contributed by atoms with Crippen LogP contribution in [0.1, 0.15) is 46.4 Å². The fourth-order valence-electron chi connectivity index (χ4n) is 4.22. The summed E-state index contributed by atoms with van der Waals surface area (Å²) in [6, 6.07) is 3.94. The first-order valence-electron chi connectivity index (χ1n) is 12.6. The zero-order chi connectivity index (χ0) is 27.3. The van der Waals surface area contributed by atoms with E-state index in [9.17, 15) is 29.1 Å². The summed E-state index contributed by atoms with van der Waals surface area (Å²) in [5, 5.41) is 21.5. The van der Waals surface area contributed by atoms with Gasteiger partial charge in [-0.2, -0.15) is 11.8 Å². The largest absolute Gasteiger partial charge is 0.507 e. The van der Waals surface area contributed by atoms with Crippen LogP contribution in [0.3, 0.4) is 0 Å². The van der Waals surface area contributed by atoms with Crippen molar-refractivity contribution in [2.45, 2.75) is 43.0 Å². The molecule has 0 saturated carbocycles. The molecule has 1 aromatic rings. The van der Waals surface area contributed by atoms with Crippen molar-refractivity contribution in [1.82, 2.24) is 21.3 Å². The number of fused-ring (bicyclic) bond motifs is 1. The van der Waals surface area contributed by atoms with Crippen molar-refractivity contribution in [3.63, 3.8) is 0 Å². The van der Waals surface area contributed by atoms with E-state index in [1.54, 1.807) is 0 Å². The summed E-state index contributed by atoms with van der Waals surface area (Å²) in [7, 11) is 0. The number of benzene rings is 1. The van der Waals surface area contributed by atoms with Crippen molar-refractivity contribution in [1.29, 1.82) is 0 Å². The summed E-state index contributed by atoms with van der Waals surface area (Å²) < 4.78 is 10.8. The Bertz CT molecular complexity index is 1010. The Labute approximate surface area is 225 Å². The number of amides is 4. The number of phenols is 1. The Morgan fingerprint density at radius 2 is 1.79 bits per heavy atom. The number of hydrogen-bond acceptors (Lipinski definition) is 9. The second kappa shape index (κ2) is 15.3. The van der Waals surface area contributed by atoms with Gasteiger partial charge in [-0.05, 0) is 31.0 Å². The summed E-state index contributed by atoms with van der Waals surface area (Å²) in [5.41, 5.74) is -0.0890. The van der Waals surface area contributed by atoms with Crippen LogP contribution >= 0.6 is 11.8 Å². The number of aldehydes is 1. The van der Waals surface area contributed by atoms with Crippen molar-refractivity contribution in [3.05, 3.63) is 29.3 Å². The smallest absolute Gasteiger partial charge is 0.315 e. The molecule has 1 aromatic carbocycles. The summed E-state index contributed by atoms with van der Waals surface area (Å²) in [6.45, 7) is 1.78. The van der Waals surface area contributed by atoms with Crippen LogP contribution in [0.5, 0.6) is 5.75 Å². The molecule has 3 unspecified atom stereocenters. The molecule has 2 heterocycles. The first-order chi connectivity index (χ1) is 18.4. The van der Waals surface area contributed by atoms with Crippen molar-refractivity contribution in [2.75, 3.05) is 45.3 Å². The van der Waals surface area contributed by atoms with Crippen molar-refractivity contribution >= 4 is 41.7 Å². The fraction of sp³-hybridized carbons (Fsp3) is 0.560. The van der Waals surface area contributed by atoms with Gasteiger partial charge in [0.1, 0.15) is 5.75 Å². The molecule has 0 radical (unpaired) electrons. The minimum Gasteiger partial charge on any atom is -0.507 e. The molecule has 0 bridgehead atoms. The third kappa shape index (κ3) is 8.99. The number of phenolic OH excluding ortho intramolecular Hbond substituents is 1. The number of nitrogens with one attached hydrogen (secondary N) is 4. The molecule has 4 amide bonds. The minimum absolute atomic E-state index is 0.0134. The molecule has 0 aliphatic carbocycles. The molecule has 5 N–H and O–H groups in total. The average Bonchev–Trinajstić information content (AvgIpc) is 3.46. The second-order valence-electron chi connectivity index (χ2n) is 8.91. The highest BCUT2D eigenvalue weighted by molar-refractivity contribution is 8.00. The monoisotopic (exact) mass is 550 g/mol. The standard InChI is InChI=1S/C25H34N4O8S/c30-14-20(32)16-5-6-19(31)17(13-16)24(34)27-8-10-37-12-11-36-9-7-26-22(33)4-2-1-3-21-23-18(15-38-21)28-25(35)29-23/h5-6,13-14,18,21,23,31H,1-4,7-12,15H2,(H,26,33)(H,27,34)(H2,28,29,35). The van der Waals surface area contributed by atoms with E-state index in [0.29, 0.717) is 38.0 Å². The number of carbonyl (C=O) groups excluding carboxylic acids is 5. The summed E-state index contributed by atoms with van der Waals surface area (Å²) in [4.78, 5) is 57.6. The van der Waals surface area contributed by atoms with E-state index < -0.39 is 11.7 Å². The lowest BCUT2D eigenvalue weighted by molar-refractivity contribution is -0.121. The lowest BCUT2D eigenvalue weighted by Crippen LogP contribution is -2.36. The molecule has 0 spiro atoms. The van der Waals surface area contributed by atoms with E-state index in [4.69, 9.17) is 9.47 Å². The fourth-order valence-corrected chi connectivity index (χ4v) is 5.76. The molecule has 3 rings (SSSR count). The zero-order valence-electron chi connectivity index (χ0n) is 21.0. The maximum Gasteiger partial charge on any atom is 0.315 e. The van der Waals surface area contributed by atoms with Gasteiger partial charge >= 0.3 is 6.03 Å². The summed E-state index contributed by atoms with van der Waals surface area (Å²) in [5.74, 6) is -0.755. The third-order valence-electron chi connectivity index (χ3n) is 6.19. The van der Waals surface area contributed by atoms with Gasteiger partial charge in [0.15, 0.2) is 6.29 Å². The molecule has 2 fully saturated rings. The molecule has 13 heteroatoms. The van der Waals surface area contributed by atoms with Crippen LogP contribution in [-0.4, -0.2) is 97.6 Å². The normalized spacial score (nSPS) is 19.8. The number of ether oxygens (including phenoxy) is 2. The van der Waals surface area contributed by atoms with Gasteiger partial charge in [-0.15, -0.1) is 0 Å². The van der Waals surface area contributed by atoms with Crippen LogP contribution in [-0.2, 0) is 19.1 Å². The molecular formula is C25H34N4O8S. The van der Waals surface area contributed by atoms with Crippen molar-refractivity contribution < 1.29 is 38.6 Å². The van der Waals surface area contributed by atoms with E-state index in [1.807, 2.05) is 11.8 Å². The molecular weight excluding hydrogens is 516 g/mol. The highest BCUT2D eigenvalue weighted by Crippen LogP contribution is 2.33. The topological polar surface area (TPSA) is 172 Å². The van der Waals surface area contributed by atoms with Gasteiger partial charge in [0, 0.05) is 36.1 Å². The Hall–Kier alpha value is -3.16. The Balaban J connectivity index is 1.13. The lowest BCUT2D eigenvalue weighted by Gasteiger charge is -2.16. The molecule has 38 heavy (non-hydrogen) atoms. The van der Waals surface area contributed by atoms with Gasteiger partial charge in [0.05, 0.1) is 44.1 Å². The first kappa shape index (κ1) is 29.4. The number of carbonyl (C=O) groups is 5. The highest BCUT2D eigenvalue weighted by Gasteiger charge is 2.42. The van der Waals surface area contributed by atoms with Crippen LogP contribution in [0.25, 0.3) is 0 Å². The van der Waals surface area contributed by atoms with Crippen LogP contribution in [0, 0.1) is 0 Å². The predicted molar refractivity (Wildman–Crippen MR) is 139 cm³/mol. The highest BCUT2D eigenvalue weighted by atomic mass is 32.2. The second-order valence-corrected chi connectivity index (χ2v) is 10.2. The van der Waals surface area contributed by atoms with E-state index in [2.05, 4.69) is 21.3 Å². The van der Waals surface area contributed by atoms with E-state index in [-0.39, 0.29) is 60.3 Å². The Kier molecular flexibility index (Phi) is 11.8. The van der Waals surface area contributed by atoms with Crippen LogP contribution < -0.4 is 21.3 Å². The minimum atomic E-state index is -0.783. The van der Waals surface area contributed by atoms with Gasteiger partial charge in [0.25, 0.3) is 5.91 Å². The van der Waals surface area contributed by atoms with Crippen LogP contribution in [0.2, 0.25) is 0 Å². The SMILES string of the molecule is O=CC(=O)c1ccc(O)c(C(=O)NCCOCCOCCNC(=O)CCCCC2SCC3NC(=O)NC32)c1. The number of rotatable bonds is 17. The Morgan fingerprint density at radius 3 is 2.53 bits per heavy atom. The quantitative estimate of drug-likeness (QED) is 0.0604. The maximum absolute atomic E-state index is 12.2. The van der Waals surface area contributed by atoms with E-state index >= 15 is 0 Å². The Morgan fingerprint density at radius 1 is 1.05 bits per heavy atom. The number of thioether (sulfide) groups is 1. The van der Waals surface area contributed by atoms with E-state index in [0.717, 1.165) is 31.1 Å². The number of ketones is 1. The van der Waals surface area contributed by atoms with Crippen molar-refractivity contribution in [2.24, 2.45) is 0 Å². The van der Waals surface area contributed by atoms with Gasteiger partial charge < -0.3 is 35.8 Å². The molecule has 208 valence electrons. The van der Waals surface area contributed by atoms with Gasteiger partial charge in [0.2, 0.25) is 11.7 Å². The maximum atomic E-state index is 12.2. The van der Waals surface area contributed by atoms with Crippen LogP contribution in [0.4, 0.5) is 4.79 Å². The molecule has 3 atom stereocenters. The zero-order valence-corrected chi connectivity index (χ0v) is 21.8. The molecule has 2 saturated heterocycles. The summed E-state index contributed by atoms with van der Waals surface area (Å²) >= 11 is 1.87. The lowest BCUT2D eigenvalue weighted by atomic mass is 10.0. The predicted octanol–water partition coefficient (Wildman–Crippen LogP) is 0.379. The number of aromatic hydroxyl groups is 1. The average molecular weight is 551 g/mol. The van der Waals surface area contributed by atoms with Crippen LogP contribution in [0.15, 0.2) is 18.2 Å². The number of urea groups is 1. The summed E-state index contributed by atoms with van der Waals surface area (Å²) in [6.07, 6.45) is 3.31. The molecule has 12 nitrogen and oxygen atoms in total. The first-order valence-corrected chi connectivity index (χ1v) is 13.7. The van der Waals surface area contributed by atoms with Gasteiger partial charge in [-0.25, -0.2) is 4.79 Å². The third-order valence-corrected chi connectivity index (χ3v) is 7.69. The number of hydrogen-bond donors (Lipinski definition) is 5. The van der Waals surface area contributed by atoms with Gasteiger partial charge in [-0.3, -0.25) is 19.2 Å². The molecule has 2 aliphatic heterocycles. The van der Waals surface area contributed by atoms with Crippen molar-refractivity contribution in [3.8, 4) is 5.75 Å². The van der Waals surface area contributed by atoms with Gasteiger partial charge in [-0.1, -0.05) is 6.42 Å². The molecule has 0 aromatic heterocycles. The number of unbranched alkanes of at least 4 members (excludes halogenated alkanes) is 1. The number of Topliss-reactive ketones (excluding diaryl/α,β-unsaturated/α-hetero) is 1.